The maximum Gasteiger partial charge on any atom is 0.343 e. The van der Waals surface area contributed by atoms with E-state index in [0.29, 0.717) is 16.2 Å². The zero-order valence-corrected chi connectivity index (χ0v) is 18.2. The number of methoxy groups -OCH3 is 1. The molecule has 6 nitrogen and oxygen atoms in total. The molecule has 1 saturated heterocycles. The second kappa shape index (κ2) is 9.28. The van der Waals surface area contributed by atoms with Gasteiger partial charge in [-0.2, -0.15) is 0 Å². The summed E-state index contributed by atoms with van der Waals surface area (Å²) in [7, 11) is 1.28. The molecule has 0 atom stereocenters. The minimum absolute atomic E-state index is 0.215. The van der Waals surface area contributed by atoms with Crippen LogP contribution in [0.3, 0.4) is 0 Å². The number of carbonyl (C=O) groups is 3. The lowest BCUT2D eigenvalue weighted by Gasteiger charge is -2.12. The van der Waals surface area contributed by atoms with Crippen molar-refractivity contribution in [1.82, 2.24) is 4.90 Å². The molecule has 0 aliphatic carbocycles. The van der Waals surface area contributed by atoms with Gasteiger partial charge in [0.05, 0.1) is 18.6 Å². The van der Waals surface area contributed by atoms with Crippen LogP contribution in [0.2, 0.25) is 0 Å². The van der Waals surface area contributed by atoms with Crippen LogP contribution in [-0.4, -0.2) is 35.7 Å². The Balaban J connectivity index is 1.82. The number of benzene rings is 2. The van der Waals surface area contributed by atoms with Crippen molar-refractivity contribution in [3.8, 4) is 5.75 Å². The second-order valence-corrected chi connectivity index (χ2v) is 8.21. The average molecular weight is 476 g/mol. The van der Waals surface area contributed by atoms with Crippen molar-refractivity contribution in [2.24, 2.45) is 0 Å². The number of thioether (sulfide) groups is 1. The molecule has 0 spiro atoms. The Hall–Kier alpha value is -2.58. The lowest BCUT2D eigenvalue weighted by Crippen LogP contribution is -2.27. The molecule has 1 fully saturated rings. The highest BCUT2D eigenvalue weighted by molar-refractivity contribution is 9.10. The number of amides is 2. The normalized spacial score (nSPS) is 15.1. The topological polar surface area (TPSA) is 72.9 Å². The van der Waals surface area contributed by atoms with Gasteiger partial charge in [0.25, 0.3) is 11.1 Å². The molecule has 0 saturated carbocycles. The highest BCUT2D eigenvalue weighted by Crippen LogP contribution is 2.35. The van der Waals surface area contributed by atoms with Crippen LogP contribution < -0.4 is 4.74 Å². The van der Waals surface area contributed by atoms with E-state index in [-0.39, 0.29) is 24.3 Å². The molecule has 2 aromatic carbocycles. The molecule has 1 heterocycles. The molecular weight excluding hydrogens is 458 g/mol. The number of ether oxygens (including phenoxy) is 2. The maximum atomic E-state index is 12.8. The second-order valence-electron chi connectivity index (χ2n) is 6.30. The Kier molecular flexibility index (Phi) is 6.76. The van der Waals surface area contributed by atoms with Crippen LogP contribution in [0.25, 0.3) is 6.08 Å². The van der Waals surface area contributed by atoms with Crippen molar-refractivity contribution in [1.29, 1.82) is 0 Å². The summed E-state index contributed by atoms with van der Waals surface area (Å²) in [6, 6.07) is 12.9. The van der Waals surface area contributed by atoms with Gasteiger partial charge in [-0.05, 0) is 48.5 Å². The molecule has 0 bridgehead atoms. The van der Waals surface area contributed by atoms with Crippen LogP contribution >= 0.6 is 27.7 Å². The van der Waals surface area contributed by atoms with E-state index in [0.717, 1.165) is 27.4 Å². The number of carbonyl (C=O) groups excluding carboxylic acids is 3. The number of nitrogens with zero attached hydrogens (tertiary/aromatic N) is 1. The van der Waals surface area contributed by atoms with Crippen molar-refractivity contribution in [2.75, 3.05) is 13.7 Å². The Morgan fingerprint density at radius 3 is 2.59 bits per heavy atom. The van der Waals surface area contributed by atoms with E-state index >= 15 is 0 Å². The highest BCUT2D eigenvalue weighted by atomic mass is 79.9. The summed E-state index contributed by atoms with van der Waals surface area (Å²) in [5.41, 5.74) is 2.56. The molecule has 29 heavy (non-hydrogen) atoms. The number of hydrogen-bond acceptors (Lipinski definition) is 6. The highest BCUT2D eigenvalue weighted by Gasteiger charge is 2.35. The number of imide groups is 1. The largest absolute Gasteiger partial charge is 0.481 e. The van der Waals surface area contributed by atoms with Crippen molar-refractivity contribution in [3.63, 3.8) is 0 Å². The van der Waals surface area contributed by atoms with Crippen molar-refractivity contribution in [2.45, 2.75) is 13.5 Å². The van der Waals surface area contributed by atoms with E-state index < -0.39 is 5.97 Å². The fraction of sp³-hybridized carbons (Fsp3) is 0.190. The first-order valence-corrected chi connectivity index (χ1v) is 10.3. The number of hydrogen-bond donors (Lipinski definition) is 0. The predicted molar refractivity (Wildman–Crippen MR) is 114 cm³/mol. The van der Waals surface area contributed by atoms with Gasteiger partial charge < -0.3 is 9.47 Å². The van der Waals surface area contributed by atoms with Crippen LogP contribution in [0.15, 0.2) is 51.8 Å². The van der Waals surface area contributed by atoms with Gasteiger partial charge in [0.2, 0.25) is 0 Å². The van der Waals surface area contributed by atoms with Crippen molar-refractivity contribution >= 4 is 50.9 Å². The summed E-state index contributed by atoms with van der Waals surface area (Å²) < 4.78 is 10.8. The number of halogens is 1. The summed E-state index contributed by atoms with van der Waals surface area (Å²) in [5, 5.41) is -0.325. The van der Waals surface area contributed by atoms with Gasteiger partial charge >= 0.3 is 5.97 Å². The van der Waals surface area contributed by atoms with E-state index in [1.807, 2.05) is 31.2 Å². The minimum Gasteiger partial charge on any atom is -0.481 e. The molecule has 0 radical (unpaired) electrons. The van der Waals surface area contributed by atoms with E-state index in [4.69, 9.17) is 4.74 Å². The molecule has 2 aromatic rings. The molecular formula is C21H18BrNO5S. The lowest BCUT2D eigenvalue weighted by molar-refractivity contribution is -0.142. The molecule has 1 aliphatic heterocycles. The zero-order chi connectivity index (χ0) is 21.0. The third-order valence-electron chi connectivity index (χ3n) is 4.17. The molecule has 0 aromatic heterocycles. The first-order valence-electron chi connectivity index (χ1n) is 8.67. The fourth-order valence-electron chi connectivity index (χ4n) is 2.61. The van der Waals surface area contributed by atoms with Gasteiger partial charge in [0.1, 0.15) is 5.75 Å². The quantitative estimate of drug-likeness (QED) is 0.450. The predicted octanol–water partition coefficient (Wildman–Crippen LogP) is 4.55. The molecule has 0 unspecified atom stereocenters. The van der Waals surface area contributed by atoms with Gasteiger partial charge in [-0.25, -0.2) is 4.79 Å². The minimum atomic E-state index is -0.516. The summed E-state index contributed by atoms with van der Waals surface area (Å²) >= 11 is 4.26. The van der Waals surface area contributed by atoms with Crippen molar-refractivity contribution in [3.05, 3.63) is 68.5 Å². The summed E-state index contributed by atoms with van der Waals surface area (Å²) in [6.07, 6.45) is 1.59. The van der Waals surface area contributed by atoms with E-state index in [1.165, 1.54) is 12.0 Å². The molecule has 1 aliphatic rings. The van der Waals surface area contributed by atoms with Crippen LogP contribution in [-0.2, 0) is 20.9 Å². The molecule has 3 rings (SSSR count). The Morgan fingerprint density at radius 2 is 1.90 bits per heavy atom. The first kappa shape index (κ1) is 21.1. The van der Waals surface area contributed by atoms with Gasteiger partial charge in [-0.1, -0.05) is 45.8 Å². The lowest BCUT2D eigenvalue weighted by atomic mass is 10.1. The van der Waals surface area contributed by atoms with E-state index in [9.17, 15) is 14.4 Å². The molecule has 2 amide bonds. The Bertz CT molecular complexity index is 987. The van der Waals surface area contributed by atoms with Crippen LogP contribution in [0.1, 0.15) is 16.7 Å². The van der Waals surface area contributed by atoms with Gasteiger partial charge in [0, 0.05) is 10.0 Å². The van der Waals surface area contributed by atoms with Gasteiger partial charge in [-0.3, -0.25) is 14.5 Å². The number of rotatable bonds is 6. The SMILES string of the molecule is COC(=O)COc1ccc(Br)cc1/C=C1/SC(=O)N(Cc2ccc(C)cc2)C1=O. The summed E-state index contributed by atoms with van der Waals surface area (Å²) in [5.74, 6) is -0.472. The Morgan fingerprint density at radius 1 is 1.17 bits per heavy atom. The Labute approximate surface area is 181 Å². The average Bonchev–Trinajstić information content (AvgIpc) is 2.96. The molecule has 8 heteroatoms. The zero-order valence-electron chi connectivity index (χ0n) is 15.8. The summed E-state index contributed by atoms with van der Waals surface area (Å²) in [4.78, 5) is 38.0. The smallest absolute Gasteiger partial charge is 0.343 e. The first-order chi connectivity index (χ1) is 13.9. The molecule has 150 valence electrons. The third-order valence-corrected chi connectivity index (χ3v) is 5.57. The molecule has 0 N–H and O–H groups in total. The van der Waals surface area contributed by atoms with Gasteiger partial charge in [0.15, 0.2) is 6.61 Å². The number of esters is 1. The van der Waals surface area contributed by atoms with Crippen LogP contribution in [0.5, 0.6) is 5.75 Å². The van der Waals surface area contributed by atoms with Crippen LogP contribution in [0.4, 0.5) is 4.79 Å². The van der Waals surface area contributed by atoms with Gasteiger partial charge in [-0.15, -0.1) is 0 Å². The van der Waals surface area contributed by atoms with Crippen molar-refractivity contribution < 1.29 is 23.9 Å². The third kappa shape index (κ3) is 5.27. The standard InChI is InChI=1S/C21H18BrNO5S/c1-13-3-5-14(6-4-13)11-23-20(25)18(29-21(23)26)10-15-9-16(22)7-8-17(15)28-12-19(24)27-2/h3-10H,11-12H2,1-2H3/b18-10+. The van der Waals surface area contributed by atoms with E-state index in [2.05, 4.69) is 20.7 Å². The maximum absolute atomic E-state index is 12.8. The number of aryl methyl sites for hydroxylation is 1. The summed E-state index contributed by atoms with van der Waals surface area (Å²) in [6.45, 7) is 1.94. The monoisotopic (exact) mass is 475 g/mol. The van der Waals surface area contributed by atoms with Crippen LogP contribution in [0, 0.1) is 6.92 Å². The fourth-order valence-corrected chi connectivity index (χ4v) is 3.82. The van der Waals surface area contributed by atoms with E-state index in [1.54, 1.807) is 24.3 Å².